The number of ether oxygens (including phenoxy) is 1. The Morgan fingerprint density at radius 1 is 1.47 bits per heavy atom. The van der Waals surface area contributed by atoms with Crippen LogP contribution in [0.4, 0.5) is 0 Å². The van der Waals surface area contributed by atoms with Gasteiger partial charge in [0.25, 0.3) is 5.91 Å². The molecule has 0 bridgehead atoms. The van der Waals surface area contributed by atoms with Crippen molar-refractivity contribution in [3.05, 3.63) is 29.6 Å². The molecule has 1 aromatic heterocycles. The third-order valence-electron chi connectivity index (χ3n) is 3.35. The van der Waals surface area contributed by atoms with Gasteiger partial charge in [0.15, 0.2) is 0 Å². The fourth-order valence-corrected chi connectivity index (χ4v) is 2.15. The number of rotatable bonds is 4. The second-order valence-electron chi connectivity index (χ2n) is 4.87. The lowest BCUT2D eigenvalue weighted by Gasteiger charge is -2.32. The van der Waals surface area contributed by atoms with Crippen molar-refractivity contribution in [1.29, 1.82) is 0 Å². The third-order valence-corrected chi connectivity index (χ3v) is 3.35. The Morgan fingerprint density at radius 3 is 2.89 bits per heavy atom. The highest BCUT2D eigenvalue weighted by Gasteiger charge is 2.17. The summed E-state index contributed by atoms with van der Waals surface area (Å²) in [6.07, 6.45) is 0. The van der Waals surface area contributed by atoms with Crippen molar-refractivity contribution in [3.8, 4) is 0 Å². The zero-order valence-electron chi connectivity index (χ0n) is 11.6. The second kappa shape index (κ2) is 6.63. The number of carbonyl (C=O) groups excluding carboxylic acids is 1. The Balaban J connectivity index is 1.82. The van der Waals surface area contributed by atoms with Crippen LogP contribution >= 0.6 is 0 Å². The SMILES string of the molecule is Cc1cccc(C(=O)NCC(C)N2CCOCC2)n1. The molecule has 1 aromatic rings. The number of nitrogens with one attached hydrogen (secondary N) is 1. The Bertz CT molecular complexity index is 430. The van der Waals surface area contributed by atoms with E-state index in [-0.39, 0.29) is 5.91 Å². The van der Waals surface area contributed by atoms with E-state index in [0.717, 1.165) is 32.0 Å². The molecule has 1 unspecified atom stereocenters. The summed E-state index contributed by atoms with van der Waals surface area (Å²) in [4.78, 5) is 18.5. The highest BCUT2D eigenvalue weighted by atomic mass is 16.5. The summed E-state index contributed by atoms with van der Waals surface area (Å²) in [6, 6.07) is 5.79. The summed E-state index contributed by atoms with van der Waals surface area (Å²) < 4.78 is 5.32. The van der Waals surface area contributed by atoms with E-state index in [1.807, 2.05) is 19.1 Å². The molecule has 104 valence electrons. The predicted octanol–water partition coefficient (Wildman–Crippen LogP) is 0.841. The number of aromatic nitrogens is 1. The summed E-state index contributed by atoms with van der Waals surface area (Å²) in [5.74, 6) is -0.108. The lowest BCUT2D eigenvalue weighted by Crippen LogP contribution is -2.47. The molecule has 1 atom stereocenters. The van der Waals surface area contributed by atoms with Crippen molar-refractivity contribution < 1.29 is 9.53 Å². The van der Waals surface area contributed by atoms with E-state index < -0.39 is 0 Å². The van der Waals surface area contributed by atoms with Crippen molar-refractivity contribution in [2.75, 3.05) is 32.8 Å². The van der Waals surface area contributed by atoms with Gasteiger partial charge in [-0.2, -0.15) is 0 Å². The van der Waals surface area contributed by atoms with Crippen molar-refractivity contribution in [1.82, 2.24) is 15.2 Å². The van der Waals surface area contributed by atoms with Gasteiger partial charge in [-0.3, -0.25) is 9.69 Å². The summed E-state index contributed by atoms with van der Waals surface area (Å²) in [6.45, 7) is 8.05. The number of hydrogen-bond donors (Lipinski definition) is 1. The fraction of sp³-hybridized carbons (Fsp3) is 0.571. The molecule has 5 heteroatoms. The van der Waals surface area contributed by atoms with Crippen LogP contribution in [0.5, 0.6) is 0 Å². The van der Waals surface area contributed by atoms with Crippen LogP contribution in [0.3, 0.4) is 0 Å². The van der Waals surface area contributed by atoms with Crippen LogP contribution in [0.25, 0.3) is 0 Å². The van der Waals surface area contributed by atoms with Crippen LogP contribution in [0.2, 0.25) is 0 Å². The molecule has 0 radical (unpaired) electrons. The molecule has 2 rings (SSSR count). The zero-order valence-corrected chi connectivity index (χ0v) is 11.6. The summed E-state index contributed by atoms with van der Waals surface area (Å²) in [7, 11) is 0. The molecule has 2 heterocycles. The molecule has 19 heavy (non-hydrogen) atoms. The Morgan fingerprint density at radius 2 is 2.21 bits per heavy atom. The van der Waals surface area contributed by atoms with Gasteiger partial charge in [-0.05, 0) is 26.0 Å². The number of amides is 1. The number of hydrogen-bond acceptors (Lipinski definition) is 4. The van der Waals surface area contributed by atoms with Gasteiger partial charge in [-0.25, -0.2) is 4.98 Å². The molecule has 0 aliphatic carbocycles. The first-order valence-corrected chi connectivity index (χ1v) is 6.70. The van der Waals surface area contributed by atoms with E-state index in [4.69, 9.17) is 4.74 Å². The molecular formula is C14H21N3O2. The predicted molar refractivity (Wildman–Crippen MR) is 73.2 cm³/mol. The van der Waals surface area contributed by atoms with Crippen molar-refractivity contribution in [2.45, 2.75) is 19.9 Å². The molecule has 1 fully saturated rings. The molecule has 1 aliphatic rings. The maximum absolute atomic E-state index is 12.0. The van der Waals surface area contributed by atoms with E-state index in [9.17, 15) is 4.79 Å². The largest absolute Gasteiger partial charge is 0.379 e. The van der Waals surface area contributed by atoms with Gasteiger partial charge >= 0.3 is 0 Å². The lowest BCUT2D eigenvalue weighted by atomic mass is 10.2. The quantitative estimate of drug-likeness (QED) is 0.874. The van der Waals surface area contributed by atoms with E-state index in [2.05, 4.69) is 22.1 Å². The van der Waals surface area contributed by atoms with Gasteiger partial charge in [0.05, 0.1) is 13.2 Å². The normalized spacial score (nSPS) is 18.0. The maximum atomic E-state index is 12.0. The third kappa shape index (κ3) is 4.01. The number of pyridine rings is 1. The highest BCUT2D eigenvalue weighted by molar-refractivity contribution is 5.92. The van der Waals surface area contributed by atoms with Crippen LogP contribution < -0.4 is 5.32 Å². The first-order valence-electron chi connectivity index (χ1n) is 6.70. The minimum atomic E-state index is -0.108. The van der Waals surface area contributed by atoms with Crippen molar-refractivity contribution in [2.24, 2.45) is 0 Å². The fourth-order valence-electron chi connectivity index (χ4n) is 2.15. The van der Waals surface area contributed by atoms with Crippen LogP contribution in [0.1, 0.15) is 23.1 Å². The molecular weight excluding hydrogens is 242 g/mol. The highest BCUT2D eigenvalue weighted by Crippen LogP contribution is 2.03. The lowest BCUT2D eigenvalue weighted by molar-refractivity contribution is 0.0204. The minimum absolute atomic E-state index is 0.108. The van der Waals surface area contributed by atoms with E-state index in [1.54, 1.807) is 6.07 Å². The summed E-state index contributed by atoms with van der Waals surface area (Å²) in [5, 5.41) is 2.94. The topological polar surface area (TPSA) is 54.5 Å². The second-order valence-corrected chi connectivity index (χ2v) is 4.87. The van der Waals surface area contributed by atoms with Gasteiger partial charge in [-0.1, -0.05) is 6.07 Å². The summed E-state index contributed by atoms with van der Waals surface area (Å²) >= 11 is 0. The monoisotopic (exact) mass is 263 g/mol. The van der Waals surface area contributed by atoms with Crippen molar-refractivity contribution >= 4 is 5.91 Å². The Hall–Kier alpha value is -1.46. The molecule has 1 aliphatic heterocycles. The van der Waals surface area contributed by atoms with E-state index in [1.165, 1.54) is 0 Å². The number of nitrogens with zero attached hydrogens (tertiary/aromatic N) is 2. The number of morpholine rings is 1. The van der Waals surface area contributed by atoms with Crippen LogP contribution in [0.15, 0.2) is 18.2 Å². The molecule has 1 saturated heterocycles. The van der Waals surface area contributed by atoms with Gasteiger partial charge in [-0.15, -0.1) is 0 Å². The molecule has 1 amide bonds. The average molecular weight is 263 g/mol. The molecule has 5 nitrogen and oxygen atoms in total. The molecule has 0 saturated carbocycles. The molecule has 0 spiro atoms. The molecule has 1 N–H and O–H groups in total. The average Bonchev–Trinajstić information content (AvgIpc) is 2.45. The smallest absolute Gasteiger partial charge is 0.269 e. The van der Waals surface area contributed by atoms with E-state index >= 15 is 0 Å². The number of carbonyl (C=O) groups is 1. The maximum Gasteiger partial charge on any atom is 0.269 e. The standard InChI is InChI=1S/C14H21N3O2/c1-11-4-3-5-13(16-11)14(18)15-10-12(2)17-6-8-19-9-7-17/h3-5,12H,6-10H2,1-2H3,(H,15,18). The van der Waals surface area contributed by atoms with E-state index in [0.29, 0.717) is 18.3 Å². The van der Waals surface area contributed by atoms with Gasteiger partial charge in [0, 0.05) is 31.4 Å². The Kier molecular flexibility index (Phi) is 4.87. The minimum Gasteiger partial charge on any atom is -0.379 e. The first-order chi connectivity index (χ1) is 9.16. The Labute approximate surface area is 114 Å². The van der Waals surface area contributed by atoms with Gasteiger partial charge in [0.1, 0.15) is 5.69 Å². The van der Waals surface area contributed by atoms with Gasteiger partial charge < -0.3 is 10.1 Å². The van der Waals surface area contributed by atoms with Crippen LogP contribution in [-0.2, 0) is 4.74 Å². The van der Waals surface area contributed by atoms with Gasteiger partial charge in [0.2, 0.25) is 0 Å². The molecule has 0 aromatic carbocycles. The van der Waals surface area contributed by atoms with Crippen LogP contribution in [0, 0.1) is 6.92 Å². The van der Waals surface area contributed by atoms with Crippen molar-refractivity contribution in [3.63, 3.8) is 0 Å². The first kappa shape index (κ1) is 14.0. The number of aryl methyl sites for hydroxylation is 1. The zero-order chi connectivity index (χ0) is 13.7. The summed E-state index contributed by atoms with van der Waals surface area (Å²) in [5.41, 5.74) is 1.34. The van der Waals surface area contributed by atoms with Crippen LogP contribution in [-0.4, -0.2) is 54.7 Å².